The van der Waals surface area contributed by atoms with Crippen LogP contribution in [0.1, 0.15) is 19.3 Å². The predicted octanol–water partition coefficient (Wildman–Crippen LogP) is 0.440. The molecule has 1 aliphatic rings. The maximum absolute atomic E-state index is 10.7. The highest BCUT2D eigenvalue weighted by Gasteiger charge is 2.09. The Hall–Kier alpha value is 0.0700. The monoisotopic (exact) mass is 218 g/mol. The first-order chi connectivity index (χ1) is 6.79. The Labute approximate surface area is 89.7 Å². The SMILES string of the molecule is CS(=O)CCNCCCN1CCCC1. The molecule has 84 valence electrons. The van der Waals surface area contributed by atoms with Crippen LogP contribution in [0.3, 0.4) is 0 Å². The van der Waals surface area contributed by atoms with Crippen LogP contribution in [0.25, 0.3) is 0 Å². The lowest BCUT2D eigenvalue weighted by atomic mass is 10.4. The molecule has 0 aromatic carbocycles. The van der Waals surface area contributed by atoms with Gasteiger partial charge in [0, 0.05) is 29.4 Å². The average molecular weight is 218 g/mol. The molecule has 0 aromatic rings. The molecule has 1 N–H and O–H groups in total. The summed E-state index contributed by atoms with van der Waals surface area (Å²) in [5.41, 5.74) is 0. The zero-order valence-electron chi connectivity index (χ0n) is 9.13. The van der Waals surface area contributed by atoms with E-state index >= 15 is 0 Å². The van der Waals surface area contributed by atoms with Crippen LogP contribution in [0.15, 0.2) is 0 Å². The van der Waals surface area contributed by atoms with Crippen LogP contribution in [-0.4, -0.2) is 53.8 Å². The van der Waals surface area contributed by atoms with Gasteiger partial charge in [0.25, 0.3) is 0 Å². The van der Waals surface area contributed by atoms with Gasteiger partial charge >= 0.3 is 0 Å². The Kier molecular flexibility index (Phi) is 6.39. The molecule has 1 saturated heterocycles. The van der Waals surface area contributed by atoms with E-state index in [9.17, 15) is 4.21 Å². The zero-order valence-corrected chi connectivity index (χ0v) is 9.94. The fourth-order valence-corrected chi connectivity index (χ4v) is 2.21. The standard InChI is InChI=1S/C10H22N2OS/c1-14(13)10-6-11-5-4-9-12-7-2-3-8-12/h11H,2-10H2,1H3. The van der Waals surface area contributed by atoms with Crippen molar-refractivity contribution < 1.29 is 4.21 Å². The molecule has 1 rings (SSSR count). The van der Waals surface area contributed by atoms with E-state index < -0.39 is 10.8 Å². The highest BCUT2D eigenvalue weighted by atomic mass is 32.2. The maximum atomic E-state index is 10.7. The van der Waals surface area contributed by atoms with E-state index in [1.165, 1.54) is 38.9 Å². The van der Waals surface area contributed by atoms with Crippen molar-refractivity contribution in [2.45, 2.75) is 19.3 Å². The summed E-state index contributed by atoms with van der Waals surface area (Å²) in [5, 5.41) is 3.32. The topological polar surface area (TPSA) is 32.3 Å². The van der Waals surface area contributed by atoms with Crippen molar-refractivity contribution in [2.75, 3.05) is 44.7 Å². The number of hydrogen-bond donors (Lipinski definition) is 1. The lowest BCUT2D eigenvalue weighted by Crippen LogP contribution is -2.26. The Morgan fingerprint density at radius 1 is 1.29 bits per heavy atom. The Morgan fingerprint density at radius 2 is 2.00 bits per heavy atom. The first kappa shape index (κ1) is 12.1. The Bertz CT molecular complexity index is 170. The molecule has 1 fully saturated rings. The fraction of sp³-hybridized carbons (Fsp3) is 1.00. The van der Waals surface area contributed by atoms with Gasteiger partial charge in [-0.25, -0.2) is 0 Å². The highest BCUT2D eigenvalue weighted by molar-refractivity contribution is 7.84. The minimum Gasteiger partial charge on any atom is -0.316 e. The van der Waals surface area contributed by atoms with E-state index in [-0.39, 0.29) is 0 Å². The molecule has 1 unspecified atom stereocenters. The van der Waals surface area contributed by atoms with Crippen molar-refractivity contribution in [2.24, 2.45) is 0 Å². The summed E-state index contributed by atoms with van der Waals surface area (Å²) < 4.78 is 10.7. The molecule has 1 atom stereocenters. The lowest BCUT2D eigenvalue weighted by Gasteiger charge is -2.14. The number of nitrogens with zero attached hydrogens (tertiary/aromatic N) is 1. The van der Waals surface area contributed by atoms with E-state index in [1.54, 1.807) is 6.26 Å². The summed E-state index contributed by atoms with van der Waals surface area (Å²) >= 11 is 0. The summed E-state index contributed by atoms with van der Waals surface area (Å²) in [6.07, 6.45) is 5.73. The molecule has 0 spiro atoms. The van der Waals surface area contributed by atoms with Gasteiger partial charge in [0.1, 0.15) is 0 Å². The highest BCUT2D eigenvalue weighted by Crippen LogP contribution is 2.06. The van der Waals surface area contributed by atoms with Gasteiger partial charge in [-0.3, -0.25) is 4.21 Å². The number of rotatable bonds is 7. The lowest BCUT2D eigenvalue weighted by molar-refractivity contribution is 0.331. The van der Waals surface area contributed by atoms with Crippen molar-refractivity contribution in [1.82, 2.24) is 10.2 Å². The number of nitrogens with one attached hydrogen (secondary N) is 1. The normalized spacial score (nSPS) is 20.1. The molecule has 0 aromatic heterocycles. The van der Waals surface area contributed by atoms with Gasteiger partial charge < -0.3 is 10.2 Å². The third-order valence-corrected chi connectivity index (χ3v) is 3.37. The third-order valence-electron chi connectivity index (χ3n) is 2.59. The predicted molar refractivity (Wildman–Crippen MR) is 62.1 cm³/mol. The second-order valence-corrected chi connectivity index (χ2v) is 5.48. The molecule has 0 aliphatic carbocycles. The molecule has 1 aliphatic heterocycles. The molecule has 4 heteroatoms. The van der Waals surface area contributed by atoms with E-state index in [0.29, 0.717) is 0 Å². The van der Waals surface area contributed by atoms with Crippen molar-refractivity contribution in [3.05, 3.63) is 0 Å². The first-order valence-corrected chi connectivity index (χ1v) is 7.25. The molecule has 0 amide bonds. The minimum absolute atomic E-state index is 0.646. The Morgan fingerprint density at radius 3 is 2.64 bits per heavy atom. The molecular formula is C10H22N2OS. The van der Waals surface area contributed by atoms with Crippen molar-refractivity contribution in [3.8, 4) is 0 Å². The smallest absolute Gasteiger partial charge is 0.0357 e. The van der Waals surface area contributed by atoms with E-state index in [0.717, 1.165) is 18.8 Å². The van der Waals surface area contributed by atoms with Gasteiger partial charge in [0.05, 0.1) is 0 Å². The second-order valence-electron chi connectivity index (χ2n) is 3.93. The molecule has 0 bridgehead atoms. The fourth-order valence-electron chi connectivity index (χ4n) is 1.77. The van der Waals surface area contributed by atoms with Crippen molar-refractivity contribution in [1.29, 1.82) is 0 Å². The van der Waals surface area contributed by atoms with Crippen LogP contribution >= 0.6 is 0 Å². The third kappa shape index (κ3) is 5.73. The molecule has 0 radical (unpaired) electrons. The van der Waals surface area contributed by atoms with Crippen LogP contribution in [0.2, 0.25) is 0 Å². The van der Waals surface area contributed by atoms with Gasteiger partial charge in [-0.15, -0.1) is 0 Å². The quantitative estimate of drug-likeness (QED) is 0.629. The first-order valence-electron chi connectivity index (χ1n) is 5.52. The molecular weight excluding hydrogens is 196 g/mol. The van der Waals surface area contributed by atoms with Gasteiger partial charge in [-0.05, 0) is 45.4 Å². The van der Waals surface area contributed by atoms with Crippen molar-refractivity contribution in [3.63, 3.8) is 0 Å². The largest absolute Gasteiger partial charge is 0.316 e. The van der Waals surface area contributed by atoms with E-state index in [4.69, 9.17) is 0 Å². The van der Waals surface area contributed by atoms with Crippen molar-refractivity contribution >= 4 is 10.8 Å². The second kappa shape index (κ2) is 7.37. The van der Waals surface area contributed by atoms with Crippen LogP contribution < -0.4 is 5.32 Å². The van der Waals surface area contributed by atoms with Crippen LogP contribution in [0, 0.1) is 0 Å². The number of hydrogen-bond acceptors (Lipinski definition) is 3. The van der Waals surface area contributed by atoms with E-state index in [2.05, 4.69) is 10.2 Å². The molecule has 3 nitrogen and oxygen atoms in total. The van der Waals surface area contributed by atoms with Gasteiger partial charge in [-0.1, -0.05) is 0 Å². The minimum atomic E-state index is -0.646. The van der Waals surface area contributed by atoms with Crippen LogP contribution in [0.4, 0.5) is 0 Å². The van der Waals surface area contributed by atoms with Crippen LogP contribution in [-0.2, 0) is 10.8 Å². The van der Waals surface area contributed by atoms with Gasteiger partial charge in [0.2, 0.25) is 0 Å². The summed E-state index contributed by atoms with van der Waals surface area (Å²) in [4.78, 5) is 2.53. The zero-order chi connectivity index (χ0) is 10.2. The van der Waals surface area contributed by atoms with Crippen LogP contribution in [0.5, 0.6) is 0 Å². The summed E-state index contributed by atoms with van der Waals surface area (Å²) in [6.45, 7) is 5.76. The summed E-state index contributed by atoms with van der Waals surface area (Å²) in [7, 11) is -0.646. The average Bonchev–Trinajstić information content (AvgIpc) is 2.63. The number of likely N-dealkylation sites (tertiary alicyclic amines) is 1. The maximum Gasteiger partial charge on any atom is 0.0357 e. The Balaban J connectivity index is 1.82. The molecule has 0 saturated carbocycles. The van der Waals surface area contributed by atoms with Gasteiger partial charge in [-0.2, -0.15) is 0 Å². The molecule has 14 heavy (non-hydrogen) atoms. The van der Waals surface area contributed by atoms with Gasteiger partial charge in [0.15, 0.2) is 0 Å². The summed E-state index contributed by atoms with van der Waals surface area (Å²) in [6, 6.07) is 0. The van der Waals surface area contributed by atoms with E-state index in [1.807, 2.05) is 0 Å². The molecule has 1 heterocycles. The summed E-state index contributed by atoms with van der Waals surface area (Å²) in [5.74, 6) is 0.781.